The first kappa shape index (κ1) is 5.22. The van der Waals surface area contributed by atoms with Crippen LogP contribution < -0.4 is 0 Å². The second-order valence-corrected chi connectivity index (χ2v) is 1.43. The lowest BCUT2D eigenvalue weighted by molar-refractivity contribution is 0.615. The Labute approximate surface area is 47.2 Å². The molecular weight excluding hydrogens is 105 g/mol. The summed E-state index contributed by atoms with van der Waals surface area (Å²) in [7, 11) is 0. The van der Waals surface area contributed by atoms with E-state index < -0.39 is 0 Å². The van der Waals surface area contributed by atoms with Gasteiger partial charge in [0.25, 0.3) is 0 Å². The largest absolute Gasteiger partial charge is 0.258 e. The summed E-state index contributed by atoms with van der Waals surface area (Å²) in [6.07, 6.45) is 1.51. The standard InChI is InChI=1S/C6H5FN/c1-5-6(7)3-2-4-8-5/h2-4H,1H2. The van der Waals surface area contributed by atoms with Crippen molar-refractivity contribution < 1.29 is 4.39 Å². The van der Waals surface area contributed by atoms with Gasteiger partial charge in [-0.1, -0.05) is 0 Å². The minimum atomic E-state index is -0.354. The third-order valence-electron chi connectivity index (χ3n) is 0.835. The minimum absolute atomic E-state index is 0.201. The van der Waals surface area contributed by atoms with E-state index in [1.807, 2.05) is 0 Å². The molecule has 0 amide bonds. The van der Waals surface area contributed by atoms with Gasteiger partial charge in [0.05, 0.1) is 5.69 Å². The predicted octanol–water partition coefficient (Wildman–Crippen LogP) is 1.40. The van der Waals surface area contributed by atoms with E-state index in [1.165, 1.54) is 18.3 Å². The van der Waals surface area contributed by atoms with Crippen molar-refractivity contribution in [2.75, 3.05) is 0 Å². The highest BCUT2D eigenvalue weighted by Gasteiger charge is 1.90. The number of rotatable bonds is 0. The summed E-state index contributed by atoms with van der Waals surface area (Å²) in [4.78, 5) is 3.59. The molecule has 41 valence electrons. The quantitative estimate of drug-likeness (QED) is 0.492. The third kappa shape index (κ3) is 0.832. The van der Waals surface area contributed by atoms with Gasteiger partial charge in [-0.25, -0.2) is 4.39 Å². The minimum Gasteiger partial charge on any atom is -0.258 e. The van der Waals surface area contributed by atoms with E-state index in [9.17, 15) is 4.39 Å². The van der Waals surface area contributed by atoms with Crippen LogP contribution >= 0.6 is 0 Å². The summed E-state index contributed by atoms with van der Waals surface area (Å²) >= 11 is 0. The zero-order valence-corrected chi connectivity index (χ0v) is 4.26. The Balaban J connectivity index is 3.13. The van der Waals surface area contributed by atoms with E-state index in [-0.39, 0.29) is 11.5 Å². The van der Waals surface area contributed by atoms with Crippen LogP contribution in [0.15, 0.2) is 18.3 Å². The molecule has 0 spiro atoms. The highest BCUT2D eigenvalue weighted by Crippen LogP contribution is 1.97. The van der Waals surface area contributed by atoms with Gasteiger partial charge in [-0.2, -0.15) is 0 Å². The summed E-state index contributed by atoms with van der Waals surface area (Å²) in [5.41, 5.74) is 0.201. The fraction of sp³-hybridized carbons (Fsp3) is 0. The van der Waals surface area contributed by atoms with Crippen LogP contribution in [0.4, 0.5) is 4.39 Å². The molecule has 0 aliphatic rings. The van der Waals surface area contributed by atoms with E-state index in [4.69, 9.17) is 0 Å². The van der Waals surface area contributed by atoms with Crippen LogP contribution in [0.3, 0.4) is 0 Å². The molecule has 0 aliphatic heterocycles. The summed E-state index contributed by atoms with van der Waals surface area (Å²) in [5, 5.41) is 0. The molecular formula is C6H5FN. The van der Waals surface area contributed by atoms with Crippen molar-refractivity contribution >= 4 is 0 Å². The first-order chi connectivity index (χ1) is 3.80. The van der Waals surface area contributed by atoms with Gasteiger partial charge in [0.15, 0.2) is 0 Å². The molecule has 1 aromatic rings. The van der Waals surface area contributed by atoms with E-state index in [2.05, 4.69) is 11.9 Å². The third-order valence-corrected chi connectivity index (χ3v) is 0.835. The van der Waals surface area contributed by atoms with Crippen LogP contribution in [-0.2, 0) is 0 Å². The molecule has 0 unspecified atom stereocenters. The molecule has 2 heteroatoms. The van der Waals surface area contributed by atoms with Gasteiger partial charge in [0.2, 0.25) is 0 Å². The Morgan fingerprint density at radius 1 is 1.62 bits per heavy atom. The normalized spacial score (nSPS) is 9.25. The molecule has 0 saturated heterocycles. The lowest BCUT2D eigenvalue weighted by Gasteiger charge is -1.88. The maximum Gasteiger partial charge on any atom is 0.144 e. The topological polar surface area (TPSA) is 12.9 Å². The Hall–Kier alpha value is -0.920. The first-order valence-electron chi connectivity index (χ1n) is 2.23. The zero-order chi connectivity index (χ0) is 5.98. The smallest absolute Gasteiger partial charge is 0.144 e. The van der Waals surface area contributed by atoms with E-state index in [0.29, 0.717) is 0 Å². The highest BCUT2D eigenvalue weighted by atomic mass is 19.1. The molecule has 0 aliphatic carbocycles. The van der Waals surface area contributed by atoms with Crippen LogP contribution in [0.25, 0.3) is 0 Å². The molecule has 1 rings (SSSR count). The first-order valence-corrected chi connectivity index (χ1v) is 2.23. The second-order valence-electron chi connectivity index (χ2n) is 1.43. The van der Waals surface area contributed by atoms with Gasteiger partial charge < -0.3 is 0 Å². The lowest BCUT2D eigenvalue weighted by atomic mass is 10.4. The molecule has 0 fully saturated rings. The molecule has 0 N–H and O–H groups in total. The van der Waals surface area contributed by atoms with Crippen LogP contribution in [0.5, 0.6) is 0 Å². The average Bonchev–Trinajstić information content (AvgIpc) is 1.77. The maximum absolute atomic E-state index is 12.2. The lowest BCUT2D eigenvalue weighted by Crippen LogP contribution is -1.82. The number of nitrogens with zero attached hydrogens (tertiary/aromatic N) is 1. The molecule has 1 aromatic heterocycles. The Morgan fingerprint density at radius 2 is 2.38 bits per heavy atom. The molecule has 1 radical (unpaired) electrons. The fourth-order valence-electron chi connectivity index (χ4n) is 0.418. The summed E-state index contributed by atoms with van der Waals surface area (Å²) in [6.45, 7) is 3.33. The van der Waals surface area contributed by atoms with E-state index in [1.54, 1.807) is 0 Å². The highest BCUT2D eigenvalue weighted by molar-refractivity contribution is 5.08. The Morgan fingerprint density at radius 3 is 2.75 bits per heavy atom. The number of halogens is 1. The molecule has 1 nitrogen and oxygen atoms in total. The van der Waals surface area contributed by atoms with Crippen molar-refractivity contribution in [3.05, 3.63) is 36.8 Å². The summed E-state index contributed by atoms with van der Waals surface area (Å²) < 4.78 is 12.2. The van der Waals surface area contributed by atoms with Crippen LogP contribution in [0, 0.1) is 12.7 Å². The maximum atomic E-state index is 12.2. The number of hydrogen-bond donors (Lipinski definition) is 0. The van der Waals surface area contributed by atoms with Crippen molar-refractivity contribution in [1.29, 1.82) is 0 Å². The van der Waals surface area contributed by atoms with Crippen molar-refractivity contribution in [1.82, 2.24) is 4.98 Å². The Bertz CT molecular complexity index is 165. The Kier molecular flexibility index (Phi) is 1.24. The predicted molar refractivity (Wildman–Crippen MR) is 28.7 cm³/mol. The number of aromatic nitrogens is 1. The van der Waals surface area contributed by atoms with Gasteiger partial charge in [-0.15, -0.1) is 0 Å². The van der Waals surface area contributed by atoms with Gasteiger partial charge in [0.1, 0.15) is 5.82 Å². The van der Waals surface area contributed by atoms with Gasteiger partial charge in [-0.05, 0) is 19.1 Å². The van der Waals surface area contributed by atoms with E-state index >= 15 is 0 Å². The molecule has 0 aromatic carbocycles. The van der Waals surface area contributed by atoms with E-state index in [0.717, 1.165) is 0 Å². The summed E-state index contributed by atoms with van der Waals surface area (Å²) in [6, 6.07) is 2.86. The van der Waals surface area contributed by atoms with Gasteiger partial charge >= 0.3 is 0 Å². The SMILES string of the molecule is [CH2]c1ncccc1F. The van der Waals surface area contributed by atoms with Crippen molar-refractivity contribution in [2.45, 2.75) is 0 Å². The van der Waals surface area contributed by atoms with Gasteiger partial charge in [0, 0.05) is 6.20 Å². The average molecular weight is 110 g/mol. The number of hydrogen-bond acceptors (Lipinski definition) is 1. The second kappa shape index (κ2) is 1.90. The van der Waals surface area contributed by atoms with Crippen molar-refractivity contribution in [3.8, 4) is 0 Å². The fourth-order valence-corrected chi connectivity index (χ4v) is 0.418. The van der Waals surface area contributed by atoms with Crippen molar-refractivity contribution in [3.63, 3.8) is 0 Å². The molecule has 0 bridgehead atoms. The molecule has 8 heavy (non-hydrogen) atoms. The van der Waals surface area contributed by atoms with Crippen LogP contribution in [0.1, 0.15) is 5.69 Å². The molecule has 0 atom stereocenters. The van der Waals surface area contributed by atoms with Crippen molar-refractivity contribution in [2.24, 2.45) is 0 Å². The van der Waals surface area contributed by atoms with Crippen LogP contribution in [-0.4, -0.2) is 4.98 Å². The zero-order valence-electron chi connectivity index (χ0n) is 4.26. The number of pyridine rings is 1. The molecule has 0 saturated carbocycles. The van der Waals surface area contributed by atoms with Crippen LogP contribution in [0.2, 0.25) is 0 Å². The monoisotopic (exact) mass is 110 g/mol. The van der Waals surface area contributed by atoms with Gasteiger partial charge in [-0.3, -0.25) is 4.98 Å². The molecule has 1 heterocycles. The summed E-state index contributed by atoms with van der Waals surface area (Å²) in [5.74, 6) is -0.354.